The first-order valence-electron chi connectivity index (χ1n) is 5.66. The Labute approximate surface area is 114 Å². The van der Waals surface area contributed by atoms with E-state index in [0.717, 1.165) is 5.56 Å². The molecule has 5 heteroatoms. The van der Waals surface area contributed by atoms with Gasteiger partial charge in [0.2, 0.25) is 0 Å². The zero-order valence-electron chi connectivity index (χ0n) is 10.1. The highest BCUT2D eigenvalue weighted by atomic mass is 35.5. The Morgan fingerprint density at radius 1 is 1.26 bits per heavy atom. The average Bonchev–Trinajstić information content (AvgIpc) is 2.80. The number of ether oxygens (including phenoxy) is 1. The van der Waals surface area contributed by atoms with Crippen molar-refractivity contribution in [2.24, 2.45) is 0 Å². The van der Waals surface area contributed by atoms with Crippen molar-refractivity contribution in [3.63, 3.8) is 0 Å². The van der Waals surface area contributed by atoms with Gasteiger partial charge in [-0.2, -0.15) is 0 Å². The minimum atomic E-state index is -0.420. The fourth-order valence-corrected chi connectivity index (χ4v) is 2.13. The summed E-state index contributed by atoms with van der Waals surface area (Å²) in [5.74, 6) is 0.401. The monoisotopic (exact) mass is 276 g/mol. The quantitative estimate of drug-likeness (QED) is 0.767. The molecule has 0 radical (unpaired) electrons. The highest BCUT2D eigenvalue weighted by Crippen LogP contribution is 2.27. The van der Waals surface area contributed by atoms with Crippen LogP contribution < -0.4 is 4.74 Å². The summed E-state index contributed by atoms with van der Waals surface area (Å²) in [4.78, 5) is 7.48. The van der Waals surface area contributed by atoms with Crippen LogP contribution in [0.5, 0.6) is 5.75 Å². The number of nitrogens with one attached hydrogen (secondary N) is 1. The number of halogens is 2. The predicted octanol–water partition coefficient (Wildman–Crippen LogP) is 4.03. The maximum atomic E-state index is 13.6. The smallest absolute Gasteiger partial charge is 0.167 e. The fraction of sp³-hybridized carbons (Fsp3) is 0.0714. The van der Waals surface area contributed by atoms with Gasteiger partial charge in [0.25, 0.3) is 0 Å². The minimum Gasteiger partial charge on any atom is -0.494 e. The largest absolute Gasteiger partial charge is 0.494 e. The standard InChI is InChI=1S/C14H10ClFN2O/c1-19-13-7-12-11(6-10(13)16)17-14(18-12)8-3-2-4-9(15)5-8/h2-7H,1H3,(H,17,18). The van der Waals surface area contributed by atoms with Gasteiger partial charge in [0.15, 0.2) is 11.6 Å². The summed E-state index contributed by atoms with van der Waals surface area (Å²) in [6.07, 6.45) is 0. The number of rotatable bonds is 2. The van der Waals surface area contributed by atoms with Gasteiger partial charge in [-0.25, -0.2) is 9.37 Å². The van der Waals surface area contributed by atoms with Crippen LogP contribution in [0.15, 0.2) is 36.4 Å². The van der Waals surface area contributed by atoms with Gasteiger partial charge in [-0.1, -0.05) is 23.7 Å². The zero-order valence-corrected chi connectivity index (χ0v) is 10.8. The molecule has 1 N–H and O–H groups in total. The van der Waals surface area contributed by atoms with Gasteiger partial charge >= 0.3 is 0 Å². The molecule has 0 amide bonds. The first-order chi connectivity index (χ1) is 9.17. The Hall–Kier alpha value is -2.07. The molecule has 1 heterocycles. The van der Waals surface area contributed by atoms with Crippen molar-refractivity contribution in [1.29, 1.82) is 0 Å². The van der Waals surface area contributed by atoms with E-state index in [1.807, 2.05) is 12.1 Å². The Bertz CT molecular complexity index is 754. The number of aromatic amines is 1. The van der Waals surface area contributed by atoms with Crippen LogP contribution in [0.3, 0.4) is 0 Å². The zero-order chi connectivity index (χ0) is 13.4. The Balaban J connectivity index is 2.16. The number of hydrogen-bond acceptors (Lipinski definition) is 2. The lowest BCUT2D eigenvalue weighted by molar-refractivity contribution is 0.387. The molecular weight excluding hydrogens is 267 g/mol. The van der Waals surface area contributed by atoms with Crippen LogP contribution in [-0.2, 0) is 0 Å². The van der Waals surface area contributed by atoms with E-state index in [9.17, 15) is 4.39 Å². The van der Waals surface area contributed by atoms with Crippen LogP contribution >= 0.6 is 11.6 Å². The summed E-state index contributed by atoms with van der Waals surface area (Å²) < 4.78 is 18.5. The number of hydrogen-bond donors (Lipinski definition) is 1. The van der Waals surface area contributed by atoms with E-state index in [4.69, 9.17) is 16.3 Å². The van der Waals surface area contributed by atoms with Crippen molar-refractivity contribution in [2.45, 2.75) is 0 Å². The maximum Gasteiger partial charge on any atom is 0.167 e. The third-order valence-corrected chi connectivity index (χ3v) is 3.09. The van der Waals surface area contributed by atoms with Crippen molar-refractivity contribution in [3.8, 4) is 17.1 Å². The van der Waals surface area contributed by atoms with E-state index < -0.39 is 5.82 Å². The van der Waals surface area contributed by atoms with Gasteiger partial charge in [-0.15, -0.1) is 0 Å². The molecule has 0 aliphatic heterocycles. The molecule has 0 atom stereocenters. The lowest BCUT2D eigenvalue weighted by Crippen LogP contribution is -1.87. The van der Waals surface area contributed by atoms with Gasteiger partial charge in [-0.05, 0) is 12.1 Å². The van der Waals surface area contributed by atoms with Crippen LogP contribution in [0.4, 0.5) is 4.39 Å². The first-order valence-corrected chi connectivity index (χ1v) is 6.04. The average molecular weight is 277 g/mol. The third-order valence-electron chi connectivity index (χ3n) is 2.85. The topological polar surface area (TPSA) is 37.9 Å². The van der Waals surface area contributed by atoms with Gasteiger partial charge < -0.3 is 9.72 Å². The number of H-pyrrole nitrogens is 1. The van der Waals surface area contributed by atoms with Crippen molar-refractivity contribution >= 4 is 22.6 Å². The second-order valence-corrected chi connectivity index (χ2v) is 4.54. The second-order valence-electron chi connectivity index (χ2n) is 4.10. The Morgan fingerprint density at radius 2 is 2.11 bits per heavy atom. The molecule has 0 saturated heterocycles. The highest BCUT2D eigenvalue weighted by Gasteiger charge is 2.10. The first kappa shape index (κ1) is 12.0. The van der Waals surface area contributed by atoms with E-state index in [1.165, 1.54) is 13.2 Å². The molecule has 96 valence electrons. The SMILES string of the molecule is COc1cc2nc(-c3cccc(Cl)c3)[nH]c2cc1F. The molecule has 2 aromatic carbocycles. The fourth-order valence-electron chi connectivity index (χ4n) is 1.94. The molecule has 19 heavy (non-hydrogen) atoms. The highest BCUT2D eigenvalue weighted by molar-refractivity contribution is 6.30. The van der Waals surface area contributed by atoms with Crippen LogP contribution in [0.2, 0.25) is 5.02 Å². The Morgan fingerprint density at radius 3 is 2.84 bits per heavy atom. The molecule has 0 aliphatic carbocycles. The van der Waals surface area contributed by atoms with E-state index >= 15 is 0 Å². The molecular formula is C14H10ClFN2O. The van der Waals surface area contributed by atoms with Crippen molar-refractivity contribution < 1.29 is 9.13 Å². The van der Waals surface area contributed by atoms with Crippen LogP contribution in [0.25, 0.3) is 22.4 Å². The number of methoxy groups -OCH3 is 1. The molecule has 0 aliphatic rings. The second kappa shape index (κ2) is 4.55. The molecule has 3 rings (SSSR count). The summed E-state index contributed by atoms with van der Waals surface area (Å²) in [5, 5.41) is 0.627. The molecule has 0 bridgehead atoms. The molecule has 1 aromatic heterocycles. The minimum absolute atomic E-state index is 0.177. The number of nitrogens with zero attached hydrogens (tertiary/aromatic N) is 1. The van der Waals surface area contributed by atoms with Gasteiger partial charge in [0.1, 0.15) is 5.82 Å². The lowest BCUT2D eigenvalue weighted by Gasteiger charge is -1.99. The van der Waals surface area contributed by atoms with Crippen molar-refractivity contribution in [3.05, 3.63) is 47.2 Å². The molecule has 3 aromatic rings. The van der Waals surface area contributed by atoms with Gasteiger partial charge in [0.05, 0.1) is 18.1 Å². The van der Waals surface area contributed by atoms with E-state index in [2.05, 4.69) is 9.97 Å². The number of benzene rings is 2. The van der Waals surface area contributed by atoms with E-state index in [0.29, 0.717) is 21.9 Å². The van der Waals surface area contributed by atoms with Crippen LogP contribution in [0, 0.1) is 5.82 Å². The third kappa shape index (κ3) is 2.15. The van der Waals surface area contributed by atoms with Crippen molar-refractivity contribution in [2.75, 3.05) is 7.11 Å². The van der Waals surface area contributed by atoms with Gasteiger partial charge in [-0.3, -0.25) is 0 Å². The summed E-state index contributed by atoms with van der Waals surface area (Å²) in [6, 6.07) is 10.2. The molecule has 3 nitrogen and oxygen atoms in total. The maximum absolute atomic E-state index is 13.6. The van der Waals surface area contributed by atoms with Gasteiger partial charge in [0, 0.05) is 22.7 Å². The van der Waals surface area contributed by atoms with Crippen molar-refractivity contribution in [1.82, 2.24) is 9.97 Å². The summed E-state index contributed by atoms with van der Waals surface area (Å²) in [7, 11) is 1.43. The van der Waals surface area contributed by atoms with Crippen LogP contribution in [0.1, 0.15) is 0 Å². The van der Waals surface area contributed by atoms with Crippen LogP contribution in [-0.4, -0.2) is 17.1 Å². The molecule has 0 unspecified atom stereocenters. The lowest BCUT2D eigenvalue weighted by atomic mass is 10.2. The molecule has 0 saturated carbocycles. The normalized spacial score (nSPS) is 10.9. The summed E-state index contributed by atoms with van der Waals surface area (Å²) >= 11 is 5.94. The van der Waals surface area contributed by atoms with E-state index in [-0.39, 0.29) is 5.75 Å². The number of aromatic nitrogens is 2. The number of fused-ring (bicyclic) bond motifs is 1. The Kier molecular flexibility index (Phi) is 2.87. The molecule has 0 fully saturated rings. The number of imidazole rings is 1. The predicted molar refractivity (Wildman–Crippen MR) is 73.0 cm³/mol. The van der Waals surface area contributed by atoms with E-state index in [1.54, 1.807) is 18.2 Å². The summed E-state index contributed by atoms with van der Waals surface area (Å²) in [5.41, 5.74) is 2.12. The molecule has 0 spiro atoms. The summed E-state index contributed by atoms with van der Waals surface area (Å²) in [6.45, 7) is 0.